The second kappa shape index (κ2) is 6.98. The number of aryl methyl sites for hydroxylation is 1. The van der Waals surface area contributed by atoms with Crippen molar-refractivity contribution < 1.29 is 9.90 Å². The Morgan fingerprint density at radius 2 is 2.00 bits per heavy atom. The average Bonchev–Trinajstić information content (AvgIpc) is 2.74. The lowest BCUT2D eigenvalue weighted by atomic mass is 9.97. The number of hydrogen-bond donors (Lipinski definition) is 1. The predicted octanol–water partition coefficient (Wildman–Crippen LogP) is 1.83. The molecule has 0 aromatic carbocycles. The standard InChI is InChI=1S/C11H20N4O2/c1-3-5-9(6-4-2)11-12-13-14-15(11)8-7-10(16)17/h9H,3-8H2,1-2H3,(H,16,17). The molecule has 0 aliphatic carbocycles. The van der Waals surface area contributed by atoms with E-state index in [2.05, 4.69) is 29.4 Å². The van der Waals surface area contributed by atoms with Gasteiger partial charge in [0.15, 0.2) is 5.82 Å². The van der Waals surface area contributed by atoms with Gasteiger partial charge in [-0.3, -0.25) is 4.79 Å². The summed E-state index contributed by atoms with van der Waals surface area (Å²) in [6.07, 6.45) is 4.30. The highest BCUT2D eigenvalue weighted by molar-refractivity contribution is 5.66. The van der Waals surface area contributed by atoms with Gasteiger partial charge in [-0.25, -0.2) is 4.68 Å². The first-order valence-electron chi connectivity index (χ1n) is 6.16. The zero-order valence-electron chi connectivity index (χ0n) is 10.5. The summed E-state index contributed by atoms with van der Waals surface area (Å²) in [5.41, 5.74) is 0. The summed E-state index contributed by atoms with van der Waals surface area (Å²) in [5, 5.41) is 20.2. The van der Waals surface area contributed by atoms with Crippen molar-refractivity contribution in [3.8, 4) is 0 Å². The van der Waals surface area contributed by atoms with E-state index in [0.717, 1.165) is 31.5 Å². The summed E-state index contributed by atoms with van der Waals surface area (Å²) >= 11 is 0. The molecule has 1 aromatic heterocycles. The van der Waals surface area contributed by atoms with Gasteiger partial charge in [0.1, 0.15) is 0 Å². The van der Waals surface area contributed by atoms with Crippen LogP contribution in [-0.2, 0) is 11.3 Å². The van der Waals surface area contributed by atoms with Gasteiger partial charge in [-0.2, -0.15) is 0 Å². The van der Waals surface area contributed by atoms with Crippen LogP contribution in [0.15, 0.2) is 0 Å². The highest BCUT2D eigenvalue weighted by Gasteiger charge is 2.17. The maximum Gasteiger partial charge on any atom is 0.305 e. The van der Waals surface area contributed by atoms with Crippen LogP contribution in [0.25, 0.3) is 0 Å². The highest BCUT2D eigenvalue weighted by Crippen LogP contribution is 2.23. The van der Waals surface area contributed by atoms with Crippen molar-refractivity contribution in [2.24, 2.45) is 0 Å². The molecule has 1 N–H and O–H groups in total. The van der Waals surface area contributed by atoms with Crippen molar-refractivity contribution in [3.63, 3.8) is 0 Å². The Bertz CT molecular complexity index is 345. The second-order valence-corrected chi connectivity index (χ2v) is 4.18. The minimum atomic E-state index is -0.825. The number of carbonyl (C=O) groups is 1. The van der Waals surface area contributed by atoms with E-state index in [1.54, 1.807) is 4.68 Å². The van der Waals surface area contributed by atoms with Crippen LogP contribution in [0.4, 0.5) is 0 Å². The quantitative estimate of drug-likeness (QED) is 0.749. The largest absolute Gasteiger partial charge is 0.481 e. The van der Waals surface area contributed by atoms with Crippen molar-refractivity contribution in [1.82, 2.24) is 20.2 Å². The summed E-state index contributed by atoms with van der Waals surface area (Å²) in [6, 6.07) is 0. The zero-order valence-corrected chi connectivity index (χ0v) is 10.5. The van der Waals surface area contributed by atoms with Crippen molar-refractivity contribution >= 4 is 5.97 Å². The van der Waals surface area contributed by atoms with E-state index in [9.17, 15) is 4.79 Å². The van der Waals surface area contributed by atoms with Gasteiger partial charge in [0.25, 0.3) is 0 Å². The van der Waals surface area contributed by atoms with Gasteiger partial charge in [-0.1, -0.05) is 26.7 Å². The summed E-state index contributed by atoms with van der Waals surface area (Å²) in [4.78, 5) is 10.5. The summed E-state index contributed by atoms with van der Waals surface area (Å²) in [5.74, 6) is 0.345. The molecule has 17 heavy (non-hydrogen) atoms. The van der Waals surface area contributed by atoms with Crippen molar-refractivity contribution in [2.75, 3.05) is 0 Å². The minimum absolute atomic E-state index is 0.0585. The number of carboxylic acids is 1. The van der Waals surface area contributed by atoms with E-state index in [-0.39, 0.29) is 6.42 Å². The average molecular weight is 240 g/mol. The number of tetrazole rings is 1. The van der Waals surface area contributed by atoms with E-state index in [4.69, 9.17) is 5.11 Å². The Balaban J connectivity index is 2.72. The maximum atomic E-state index is 10.5. The molecular weight excluding hydrogens is 220 g/mol. The fourth-order valence-corrected chi connectivity index (χ4v) is 1.96. The minimum Gasteiger partial charge on any atom is -0.481 e. The molecule has 1 aromatic rings. The van der Waals surface area contributed by atoms with Gasteiger partial charge < -0.3 is 5.11 Å². The van der Waals surface area contributed by atoms with Gasteiger partial charge in [0.05, 0.1) is 13.0 Å². The third-order valence-electron chi connectivity index (χ3n) is 2.74. The lowest BCUT2D eigenvalue weighted by molar-refractivity contribution is -0.137. The van der Waals surface area contributed by atoms with E-state index < -0.39 is 5.97 Å². The fraction of sp³-hybridized carbons (Fsp3) is 0.818. The van der Waals surface area contributed by atoms with E-state index in [1.165, 1.54) is 0 Å². The summed E-state index contributed by atoms with van der Waals surface area (Å²) in [7, 11) is 0. The topological polar surface area (TPSA) is 80.9 Å². The molecule has 6 nitrogen and oxygen atoms in total. The number of rotatable bonds is 8. The third-order valence-corrected chi connectivity index (χ3v) is 2.74. The number of aliphatic carboxylic acids is 1. The smallest absolute Gasteiger partial charge is 0.305 e. The first kappa shape index (κ1) is 13.6. The van der Waals surface area contributed by atoms with Crippen molar-refractivity contribution in [2.45, 2.75) is 58.4 Å². The number of aromatic nitrogens is 4. The monoisotopic (exact) mass is 240 g/mol. The number of nitrogens with zero attached hydrogens (tertiary/aromatic N) is 4. The molecule has 1 rings (SSSR count). The normalized spacial score (nSPS) is 11.0. The molecule has 0 atom stereocenters. The molecule has 0 amide bonds. The molecule has 0 fully saturated rings. The van der Waals surface area contributed by atoms with Crippen molar-refractivity contribution in [3.05, 3.63) is 5.82 Å². The molecule has 1 heterocycles. The molecule has 0 aliphatic rings. The molecule has 96 valence electrons. The first-order valence-corrected chi connectivity index (χ1v) is 6.16. The van der Waals surface area contributed by atoms with Gasteiger partial charge in [-0.15, -0.1) is 5.10 Å². The van der Waals surface area contributed by atoms with Crippen LogP contribution in [0.1, 0.15) is 57.7 Å². The maximum absolute atomic E-state index is 10.5. The lowest BCUT2D eigenvalue weighted by Crippen LogP contribution is -2.13. The lowest BCUT2D eigenvalue weighted by Gasteiger charge is -2.14. The van der Waals surface area contributed by atoms with E-state index >= 15 is 0 Å². The van der Waals surface area contributed by atoms with Crippen LogP contribution < -0.4 is 0 Å². The second-order valence-electron chi connectivity index (χ2n) is 4.18. The Morgan fingerprint density at radius 1 is 1.35 bits per heavy atom. The molecule has 0 radical (unpaired) electrons. The van der Waals surface area contributed by atoms with Crippen LogP contribution in [0.5, 0.6) is 0 Å². The van der Waals surface area contributed by atoms with Gasteiger partial charge in [0, 0.05) is 5.92 Å². The summed E-state index contributed by atoms with van der Waals surface area (Å²) < 4.78 is 1.63. The Morgan fingerprint density at radius 3 is 2.53 bits per heavy atom. The fourth-order valence-electron chi connectivity index (χ4n) is 1.96. The van der Waals surface area contributed by atoms with Crippen molar-refractivity contribution in [1.29, 1.82) is 0 Å². The zero-order chi connectivity index (χ0) is 12.7. The third kappa shape index (κ3) is 4.13. The highest BCUT2D eigenvalue weighted by atomic mass is 16.4. The molecule has 0 bridgehead atoms. The molecule has 0 unspecified atom stereocenters. The van der Waals surface area contributed by atoms with E-state index in [1.807, 2.05) is 0 Å². The molecular formula is C11H20N4O2. The first-order chi connectivity index (χ1) is 8.19. The number of carboxylic acid groups (broad SMARTS) is 1. The SMILES string of the molecule is CCCC(CCC)c1nnnn1CCC(=O)O. The molecule has 6 heteroatoms. The van der Waals surface area contributed by atoms with Gasteiger partial charge >= 0.3 is 5.97 Å². The Kier molecular flexibility index (Phi) is 5.59. The Labute approximate surface area is 101 Å². The van der Waals surface area contributed by atoms with Gasteiger partial charge in [-0.05, 0) is 23.3 Å². The van der Waals surface area contributed by atoms with E-state index in [0.29, 0.717) is 12.5 Å². The van der Waals surface area contributed by atoms with Gasteiger partial charge in [0.2, 0.25) is 0 Å². The molecule has 0 aliphatic heterocycles. The van der Waals surface area contributed by atoms with Crippen LogP contribution in [-0.4, -0.2) is 31.3 Å². The molecule has 0 spiro atoms. The Hall–Kier alpha value is -1.46. The van der Waals surface area contributed by atoms with Crippen LogP contribution in [0, 0.1) is 0 Å². The van der Waals surface area contributed by atoms with Crippen LogP contribution in [0.2, 0.25) is 0 Å². The number of hydrogen-bond acceptors (Lipinski definition) is 4. The van der Waals surface area contributed by atoms with Crippen LogP contribution >= 0.6 is 0 Å². The molecule has 0 saturated heterocycles. The molecule has 0 saturated carbocycles. The van der Waals surface area contributed by atoms with Crippen LogP contribution in [0.3, 0.4) is 0 Å². The predicted molar refractivity (Wildman–Crippen MR) is 62.6 cm³/mol. The summed E-state index contributed by atoms with van der Waals surface area (Å²) in [6.45, 7) is 4.61.